The molecular formula is C26H35N3O4S. The number of amides is 1. The predicted octanol–water partition coefficient (Wildman–Crippen LogP) is 3.32. The molecule has 2 aliphatic heterocycles. The van der Waals surface area contributed by atoms with Crippen molar-refractivity contribution < 1.29 is 17.9 Å². The molecule has 184 valence electrons. The van der Waals surface area contributed by atoms with Crippen LogP contribution in [0.15, 0.2) is 47.4 Å². The first-order valence-corrected chi connectivity index (χ1v) is 13.6. The molecule has 2 saturated heterocycles. The van der Waals surface area contributed by atoms with E-state index < -0.39 is 10.0 Å². The lowest BCUT2D eigenvalue weighted by atomic mass is 10.1. The first kappa shape index (κ1) is 24.9. The van der Waals surface area contributed by atoms with Gasteiger partial charge in [0.15, 0.2) is 0 Å². The van der Waals surface area contributed by atoms with Gasteiger partial charge in [0.2, 0.25) is 10.0 Å². The van der Waals surface area contributed by atoms with E-state index in [0.29, 0.717) is 25.2 Å². The SMILES string of the molecule is Cc1ccc(S(=O)(=O)N2CCCCC2)cc1C(=O)NCc1cccc(CN2CCOC(C)C2)c1. The van der Waals surface area contributed by atoms with Gasteiger partial charge in [-0.2, -0.15) is 4.31 Å². The molecule has 2 aromatic carbocycles. The van der Waals surface area contributed by atoms with Gasteiger partial charge in [0.1, 0.15) is 0 Å². The third-order valence-electron chi connectivity index (χ3n) is 6.58. The van der Waals surface area contributed by atoms with Crippen molar-refractivity contribution in [2.24, 2.45) is 0 Å². The van der Waals surface area contributed by atoms with Crippen LogP contribution in [-0.2, 0) is 27.8 Å². The molecule has 1 N–H and O–H groups in total. The van der Waals surface area contributed by atoms with Crippen LogP contribution in [-0.4, -0.2) is 62.4 Å². The van der Waals surface area contributed by atoms with Gasteiger partial charge in [-0.15, -0.1) is 0 Å². The van der Waals surface area contributed by atoms with Crippen molar-refractivity contribution in [3.05, 3.63) is 64.7 Å². The second kappa shape index (κ2) is 11.0. The second-order valence-corrected chi connectivity index (χ2v) is 11.3. The van der Waals surface area contributed by atoms with E-state index in [9.17, 15) is 13.2 Å². The number of carbonyl (C=O) groups is 1. The normalized spacial score (nSPS) is 20.2. The topological polar surface area (TPSA) is 79.0 Å². The molecule has 0 radical (unpaired) electrons. The average Bonchev–Trinajstić information content (AvgIpc) is 2.83. The fourth-order valence-electron chi connectivity index (χ4n) is 4.67. The van der Waals surface area contributed by atoms with Gasteiger partial charge >= 0.3 is 0 Å². The molecule has 34 heavy (non-hydrogen) atoms. The fraction of sp³-hybridized carbons (Fsp3) is 0.500. The summed E-state index contributed by atoms with van der Waals surface area (Å²) in [5.74, 6) is -0.263. The summed E-state index contributed by atoms with van der Waals surface area (Å²) in [4.78, 5) is 15.6. The van der Waals surface area contributed by atoms with Crippen LogP contribution in [0.4, 0.5) is 0 Å². The van der Waals surface area contributed by atoms with Crippen molar-refractivity contribution in [3.63, 3.8) is 0 Å². The molecule has 1 atom stereocenters. The van der Waals surface area contributed by atoms with E-state index in [2.05, 4.69) is 29.3 Å². The molecule has 2 fully saturated rings. The van der Waals surface area contributed by atoms with Crippen molar-refractivity contribution in [3.8, 4) is 0 Å². The highest BCUT2D eigenvalue weighted by atomic mass is 32.2. The molecule has 7 nitrogen and oxygen atoms in total. The van der Waals surface area contributed by atoms with Crippen molar-refractivity contribution in [1.29, 1.82) is 0 Å². The zero-order valence-electron chi connectivity index (χ0n) is 20.1. The average molecular weight is 486 g/mol. The molecule has 4 rings (SSSR count). The standard InChI is InChI=1S/C26H35N3O4S/c1-20-9-10-24(34(31,32)29-11-4-3-5-12-29)16-25(20)26(30)27-17-22-7-6-8-23(15-22)19-28-13-14-33-21(2)18-28/h6-10,15-16,21H,3-5,11-14,17-19H2,1-2H3,(H,27,30). The summed E-state index contributed by atoms with van der Waals surface area (Å²) in [5.41, 5.74) is 3.37. The van der Waals surface area contributed by atoms with Crippen LogP contribution in [0.1, 0.15) is 53.2 Å². The number of nitrogens with zero attached hydrogens (tertiary/aromatic N) is 2. The minimum absolute atomic E-state index is 0.187. The van der Waals surface area contributed by atoms with E-state index in [0.717, 1.165) is 56.6 Å². The number of carbonyl (C=O) groups excluding carboxylic acids is 1. The smallest absolute Gasteiger partial charge is 0.251 e. The quantitative estimate of drug-likeness (QED) is 0.651. The number of piperidine rings is 1. The fourth-order valence-corrected chi connectivity index (χ4v) is 6.21. The van der Waals surface area contributed by atoms with E-state index in [4.69, 9.17) is 4.74 Å². The van der Waals surface area contributed by atoms with Crippen molar-refractivity contribution in [1.82, 2.24) is 14.5 Å². The number of rotatable bonds is 7. The van der Waals surface area contributed by atoms with Crippen LogP contribution in [0.2, 0.25) is 0 Å². The summed E-state index contributed by atoms with van der Waals surface area (Å²) in [5, 5.41) is 2.97. The van der Waals surface area contributed by atoms with Gasteiger partial charge in [-0.05, 0) is 55.5 Å². The summed E-state index contributed by atoms with van der Waals surface area (Å²) in [7, 11) is -3.59. The highest BCUT2D eigenvalue weighted by molar-refractivity contribution is 7.89. The van der Waals surface area contributed by atoms with Crippen LogP contribution in [0.25, 0.3) is 0 Å². The Balaban J connectivity index is 1.41. The van der Waals surface area contributed by atoms with Gasteiger partial charge in [0.25, 0.3) is 5.91 Å². The van der Waals surface area contributed by atoms with Crippen LogP contribution >= 0.6 is 0 Å². The first-order chi connectivity index (χ1) is 16.3. The second-order valence-electron chi connectivity index (χ2n) is 9.36. The van der Waals surface area contributed by atoms with E-state index in [1.165, 1.54) is 15.9 Å². The summed E-state index contributed by atoms with van der Waals surface area (Å²) in [6.07, 6.45) is 3.05. The Labute approximate surface area is 203 Å². The largest absolute Gasteiger partial charge is 0.376 e. The molecule has 0 aliphatic carbocycles. The lowest BCUT2D eigenvalue weighted by Crippen LogP contribution is -2.40. The number of sulfonamides is 1. The molecule has 1 amide bonds. The highest BCUT2D eigenvalue weighted by Gasteiger charge is 2.27. The van der Waals surface area contributed by atoms with Crippen LogP contribution in [0.5, 0.6) is 0 Å². The minimum atomic E-state index is -3.59. The van der Waals surface area contributed by atoms with Gasteiger partial charge in [-0.25, -0.2) is 8.42 Å². The van der Waals surface area contributed by atoms with Gasteiger partial charge in [-0.1, -0.05) is 36.8 Å². The highest BCUT2D eigenvalue weighted by Crippen LogP contribution is 2.23. The Morgan fingerprint density at radius 1 is 1.06 bits per heavy atom. The van der Waals surface area contributed by atoms with E-state index in [1.807, 2.05) is 19.1 Å². The number of morpholine rings is 1. The van der Waals surface area contributed by atoms with Gasteiger partial charge in [0.05, 0.1) is 17.6 Å². The Kier molecular flexibility index (Phi) is 8.03. The van der Waals surface area contributed by atoms with Gasteiger partial charge < -0.3 is 10.1 Å². The maximum absolute atomic E-state index is 13.1. The molecule has 8 heteroatoms. The lowest BCUT2D eigenvalue weighted by Gasteiger charge is -2.31. The molecule has 0 saturated carbocycles. The molecule has 2 heterocycles. The molecule has 2 aliphatic rings. The molecule has 0 bridgehead atoms. The molecule has 0 aromatic heterocycles. The molecule has 2 aromatic rings. The Morgan fingerprint density at radius 2 is 1.82 bits per heavy atom. The monoisotopic (exact) mass is 485 g/mol. The minimum Gasteiger partial charge on any atom is -0.376 e. The number of aryl methyl sites for hydroxylation is 1. The number of nitrogens with one attached hydrogen (secondary N) is 1. The summed E-state index contributed by atoms with van der Waals surface area (Å²) in [6.45, 7) is 8.82. The molecule has 0 spiro atoms. The Hall–Kier alpha value is -2.26. The number of hydrogen-bond acceptors (Lipinski definition) is 5. The van der Waals surface area contributed by atoms with Crippen molar-refractivity contribution >= 4 is 15.9 Å². The van der Waals surface area contributed by atoms with Crippen LogP contribution in [0.3, 0.4) is 0 Å². The number of ether oxygens (including phenoxy) is 1. The maximum Gasteiger partial charge on any atom is 0.251 e. The zero-order valence-corrected chi connectivity index (χ0v) is 20.9. The van der Waals surface area contributed by atoms with Crippen molar-refractivity contribution in [2.75, 3.05) is 32.8 Å². The number of hydrogen-bond donors (Lipinski definition) is 1. The molecule has 1 unspecified atom stereocenters. The lowest BCUT2D eigenvalue weighted by molar-refractivity contribution is -0.0212. The van der Waals surface area contributed by atoms with Gasteiger partial charge in [-0.3, -0.25) is 9.69 Å². The third-order valence-corrected chi connectivity index (χ3v) is 8.48. The molecular weight excluding hydrogens is 450 g/mol. The summed E-state index contributed by atoms with van der Waals surface area (Å²) in [6, 6.07) is 13.1. The van der Waals surface area contributed by atoms with E-state index >= 15 is 0 Å². The van der Waals surface area contributed by atoms with Crippen LogP contribution < -0.4 is 5.32 Å². The Morgan fingerprint density at radius 3 is 2.59 bits per heavy atom. The van der Waals surface area contributed by atoms with E-state index in [1.54, 1.807) is 12.1 Å². The predicted molar refractivity (Wildman–Crippen MR) is 132 cm³/mol. The Bertz CT molecular complexity index is 1110. The van der Waals surface area contributed by atoms with Crippen LogP contribution in [0, 0.1) is 6.92 Å². The number of benzene rings is 2. The first-order valence-electron chi connectivity index (χ1n) is 12.1. The maximum atomic E-state index is 13.1. The van der Waals surface area contributed by atoms with E-state index in [-0.39, 0.29) is 16.9 Å². The summed E-state index contributed by atoms with van der Waals surface area (Å²) >= 11 is 0. The summed E-state index contributed by atoms with van der Waals surface area (Å²) < 4.78 is 33.3. The van der Waals surface area contributed by atoms with Gasteiger partial charge in [0, 0.05) is 44.8 Å². The van der Waals surface area contributed by atoms with Crippen molar-refractivity contribution in [2.45, 2.75) is 57.2 Å². The third kappa shape index (κ3) is 6.05. The zero-order chi connectivity index (χ0) is 24.1.